The van der Waals surface area contributed by atoms with Crippen LogP contribution in [0.3, 0.4) is 0 Å². The molecule has 2 heterocycles. The van der Waals surface area contributed by atoms with Crippen molar-refractivity contribution in [3.63, 3.8) is 0 Å². The number of carbonyl (C=O) groups excluding carboxylic acids is 1. The third kappa shape index (κ3) is 7.09. The Hall–Kier alpha value is -4.71. The fourth-order valence-corrected chi connectivity index (χ4v) is 3.99. The smallest absolute Gasteiger partial charge is 0.475 e. The summed E-state index contributed by atoms with van der Waals surface area (Å²) >= 11 is 0. The molecule has 9 nitrogen and oxygen atoms in total. The molecule has 2 aromatic heterocycles. The number of nitrogens with zero attached hydrogens (tertiary/aromatic N) is 2. The quantitative estimate of drug-likeness (QED) is 0.274. The van der Waals surface area contributed by atoms with Crippen LogP contribution in [0, 0.1) is 13.8 Å². The number of hydrogen-bond donors (Lipinski definition) is 2. The second-order valence-electron chi connectivity index (χ2n) is 9.04. The lowest BCUT2D eigenvalue weighted by atomic mass is 9.98. The molecule has 216 valence electrons. The van der Waals surface area contributed by atoms with Crippen LogP contribution in [-0.2, 0) is 9.63 Å². The summed E-state index contributed by atoms with van der Waals surface area (Å²) < 4.78 is 38.1. The Labute approximate surface area is 233 Å². The van der Waals surface area contributed by atoms with Crippen molar-refractivity contribution in [3.8, 4) is 11.3 Å². The Morgan fingerprint density at radius 1 is 1.10 bits per heavy atom. The molecule has 0 fully saturated rings. The number of nitrogens with one attached hydrogen (secondary N) is 1. The second kappa shape index (κ2) is 12.6. The van der Waals surface area contributed by atoms with Crippen LogP contribution in [0.15, 0.2) is 70.0 Å². The number of fused-ring (bicyclic) bond motifs is 1. The molecule has 0 saturated carbocycles. The molecule has 0 aliphatic carbocycles. The van der Waals surface area contributed by atoms with Crippen LogP contribution >= 0.6 is 0 Å². The summed E-state index contributed by atoms with van der Waals surface area (Å²) in [6.07, 6.45) is -3.53. The van der Waals surface area contributed by atoms with Gasteiger partial charge in [-0.2, -0.15) is 13.2 Å². The maximum atomic E-state index is 13.3. The minimum absolute atomic E-state index is 0.0591. The monoisotopic (exact) mass is 571 g/mol. The van der Waals surface area contributed by atoms with Crippen molar-refractivity contribution in [2.45, 2.75) is 33.0 Å². The zero-order chi connectivity index (χ0) is 30.5. The molecule has 1 atom stereocenters. The summed E-state index contributed by atoms with van der Waals surface area (Å²) in [7, 11) is 2.95. The van der Waals surface area contributed by atoms with Gasteiger partial charge in [0.05, 0.1) is 24.2 Å². The van der Waals surface area contributed by atoms with Gasteiger partial charge in [0.25, 0.3) is 5.91 Å². The van der Waals surface area contributed by atoms with Crippen LogP contribution in [0.5, 0.6) is 0 Å². The van der Waals surface area contributed by atoms with Crippen LogP contribution in [0.25, 0.3) is 22.3 Å². The van der Waals surface area contributed by atoms with Crippen LogP contribution in [0.2, 0.25) is 0 Å². The fourth-order valence-electron chi connectivity index (χ4n) is 3.99. The van der Waals surface area contributed by atoms with Crippen LogP contribution in [0.1, 0.15) is 40.1 Å². The first-order valence-electron chi connectivity index (χ1n) is 12.2. The number of carboxylic acids is 1. The van der Waals surface area contributed by atoms with Gasteiger partial charge in [-0.05, 0) is 44.5 Å². The van der Waals surface area contributed by atoms with E-state index in [2.05, 4.69) is 10.3 Å². The number of halogens is 3. The molecule has 0 spiro atoms. The van der Waals surface area contributed by atoms with E-state index in [0.29, 0.717) is 28.0 Å². The highest BCUT2D eigenvalue weighted by molar-refractivity contribution is 5.97. The number of aromatic nitrogens is 1. The fraction of sp³-hybridized carbons (Fsp3) is 0.241. The minimum atomic E-state index is -5.08. The Balaban J connectivity index is 0.000000587. The molecule has 4 aromatic rings. The van der Waals surface area contributed by atoms with Crippen molar-refractivity contribution in [3.05, 3.63) is 93.4 Å². The largest absolute Gasteiger partial charge is 0.490 e. The van der Waals surface area contributed by atoms with E-state index in [0.717, 1.165) is 21.8 Å². The number of pyridine rings is 1. The van der Waals surface area contributed by atoms with E-state index < -0.39 is 12.1 Å². The normalized spacial score (nSPS) is 11.8. The average molecular weight is 572 g/mol. The van der Waals surface area contributed by atoms with Gasteiger partial charge in [0.1, 0.15) is 11.3 Å². The third-order valence-corrected chi connectivity index (χ3v) is 6.08. The molecule has 2 N–H and O–H groups in total. The summed E-state index contributed by atoms with van der Waals surface area (Å²) in [4.78, 5) is 44.2. The number of anilines is 1. The lowest BCUT2D eigenvalue weighted by Crippen LogP contribution is -2.27. The minimum Gasteiger partial charge on any atom is -0.475 e. The lowest BCUT2D eigenvalue weighted by Gasteiger charge is -2.21. The van der Waals surface area contributed by atoms with Crippen LogP contribution < -0.4 is 10.7 Å². The highest BCUT2D eigenvalue weighted by Crippen LogP contribution is 2.32. The Kier molecular flexibility index (Phi) is 9.51. The van der Waals surface area contributed by atoms with Crippen molar-refractivity contribution in [2.75, 3.05) is 19.5 Å². The van der Waals surface area contributed by atoms with Gasteiger partial charge < -0.3 is 14.8 Å². The van der Waals surface area contributed by atoms with E-state index >= 15 is 0 Å². The SMILES string of the molecule is CON(C)C(=O)c1ncccc1N[C@H](C)c1cc(C)cc2c(=O)c(C)c(-c3ccccc3)oc12.O=C(O)C(F)(F)F. The maximum Gasteiger partial charge on any atom is 0.490 e. The first-order chi connectivity index (χ1) is 19.3. The predicted molar refractivity (Wildman–Crippen MR) is 146 cm³/mol. The van der Waals surface area contributed by atoms with Crippen molar-refractivity contribution < 1.29 is 37.1 Å². The first kappa shape index (κ1) is 30.8. The summed E-state index contributed by atoms with van der Waals surface area (Å²) in [6, 6.07) is 16.7. The van der Waals surface area contributed by atoms with E-state index in [1.54, 1.807) is 25.3 Å². The van der Waals surface area contributed by atoms with Gasteiger partial charge in [-0.25, -0.2) is 14.8 Å². The molecule has 0 unspecified atom stereocenters. The van der Waals surface area contributed by atoms with E-state index in [9.17, 15) is 22.8 Å². The molecule has 0 bridgehead atoms. The number of benzene rings is 2. The highest BCUT2D eigenvalue weighted by Gasteiger charge is 2.38. The number of alkyl halides is 3. The molecule has 12 heteroatoms. The maximum absolute atomic E-state index is 13.3. The molecular weight excluding hydrogens is 543 g/mol. The second-order valence-corrected chi connectivity index (χ2v) is 9.04. The number of aliphatic carboxylic acids is 1. The zero-order valence-corrected chi connectivity index (χ0v) is 22.9. The number of hydrogen-bond acceptors (Lipinski definition) is 7. The molecule has 0 saturated heterocycles. The summed E-state index contributed by atoms with van der Waals surface area (Å²) in [6.45, 7) is 5.69. The first-order valence-corrected chi connectivity index (χ1v) is 12.2. The lowest BCUT2D eigenvalue weighted by molar-refractivity contribution is -0.192. The number of carboxylic acid groups (broad SMARTS) is 1. The average Bonchev–Trinajstić information content (AvgIpc) is 2.94. The van der Waals surface area contributed by atoms with Gasteiger partial charge in [-0.3, -0.25) is 14.4 Å². The topological polar surface area (TPSA) is 122 Å². The summed E-state index contributed by atoms with van der Waals surface area (Å²) in [5, 5.41) is 12.1. The van der Waals surface area contributed by atoms with Gasteiger partial charge in [-0.15, -0.1) is 0 Å². The van der Waals surface area contributed by atoms with Crippen LogP contribution in [0.4, 0.5) is 18.9 Å². The predicted octanol–water partition coefficient (Wildman–Crippen LogP) is 5.91. The van der Waals surface area contributed by atoms with Gasteiger partial charge in [0.15, 0.2) is 11.1 Å². The van der Waals surface area contributed by atoms with Gasteiger partial charge in [0.2, 0.25) is 0 Å². The van der Waals surface area contributed by atoms with Crippen LogP contribution in [-0.4, -0.2) is 47.4 Å². The third-order valence-electron chi connectivity index (χ3n) is 6.08. The summed E-state index contributed by atoms with van der Waals surface area (Å²) in [5.74, 6) is -2.58. The van der Waals surface area contributed by atoms with E-state index in [-0.39, 0.29) is 23.1 Å². The number of hydroxylamine groups is 2. The van der Waals surface area contributed by atoms with Crippen molar-refractivity contribution in [2.24, 2.45) is 0 Å². The van der Waals surface area contributed by atoms with Gasteiger partial charge >= 0.3 is 12.1 Å². The van der Waals surface area contributed by atoms with Crippen molar-refractivity contribution >= 4 is 28.5 Å². The summed E-state index contributed by atoms with van der Waals surface area (Å²) in [5.41, 5.74) is 4.41. The number of carbonyl (C=O) groups is 2. The molecule has 4 rings (SSSR count). The standard InChI is InChI=1S/C27H27N3O4.C2HF3O2/c1-16-14-20(18(3)29-22-12-9-13-28-23(22)27(32)30(4)33-5)26-21(15-16)24(31)17(2)25(34-26)19-10-7-6-8-11-19;3-2(4,5)1(6)7/h6-15,18,29H,1-5H3;(H,6,7)/t18-;/m1./s1. The van der Waals surface area contributed by atoms with E-state index in [1.807, 2.05) is 56.3 Å². The zero-order valence-electron chi connectivity index (χ0n) is 22.9. The molecule has 0 aliphatic rings. The van der Waals surface area contributed by atoms with Crippen molar-refractivity contribution in [1.82, 2.24) is 10.0 Å². The Morgan fingerprint density at radius 2 is 1.73 bits per heavy atom. The number of amides is 1. The highest BCUT2D eigenvalue weighted by atomic mass is 19.4. The molecule has 0 radical (unpaired) electrons. The number of aryl methyl sites for hydroxylation is 1. The van der Waals surface area contributed by atoms with Gasteiger partial charge in [-0.1, -0.05) is 36.4 Å². The number of rotatable bonds is 6. The Morgan fingerprint density at radius 3 is 2.32 bits per heavy atom. The molecule has 0 aliphatic heterocycles. The van der Waals surface area contributed by atoms with Gasteiger partial charge in [0, 0.05) is 29.9 Å². The molecule has 41 heavy (non-hydrogen) atoms. The molecule has 2 aromatic carbocycles. The molecule has 1 amide bonds. The van der Waals surface area contributed by atoms with Crippen molar-refractivity contribution in [1.29, 1.82) is 0 Å². The Bertz CT molecular complexity index is 1620. The molecular formula is C29H28F3N3O6. The van der Waals surface area contributed by atoms with E-state index in [1.165, 1.54) is 14.2 Å². The van der Waals surface area contributed by atoms with E-state index in [4.69, 9.17) is 19.2 Å².